The zero-order valence-corrected chi connectivity index (χ0v) is 14.1. The second-order valence-electron chi connectivity index (χ2n) is 5.45. The van der Waals surface area contributed by atoms with Gasteiger partial charge in [0.25, 0.3) is 5.56 Å². The van der Waals surface area contributed by atoms with Gasteiger partial charge in [0.05, 0.1) is 18.4 Å². The number of nitrogens with one attached hydrogen (secondary N) is 1. The molecule has 1 aromatic heterocycles. The lowest BCUT2D eigenvalue weighted by Gasteiger charge is -2.15. The maximum absolute atomic E-state index is 12.2. The van der Waals surface area contributed by atoms with E-state index in [-0.39, 0.29) is 17.5 Å². The number of likely N-dealkylation sites (N-methyl/N-ethyl adjacent to an activating group) is 2. The molecule has 1 N–H and O–H groups in total. The molecule has 0 radical (unpaired) electrons. The molecule has 1 amide bonds. The van der Waals surface area contributed by atoms with Gasteiger partial charge in [0.15, 0.2) is 0 Å². The number of nitrogens with zero attached hydrogens (tertiary/aromatic N) is 4. The van der Waals surface area contributed by atoms with Crippen LogP contribution in [-0.2, 0) is 11.3 Å². The largest absolute Gasteiger partial charge is 0.371 e. The Labute approximate surface area is 132 Å². The van der Waals surface area contributed by atoms with Gasteiger partial charge in [-0.25, -0.2) is 4.68 Å². The van der Waals surface area contributed by atoms with Crippen molar-refractivity contribution >= 4 is 27.5 Å². The van der Waals surface area contributed by atoms with Crippen LogP contribution in [0.15, 0.2) is 15.5 Å². The third-order valence-corrected chi connectivity index (χ3v) is 4.27. The van der Waals surface area contributed by atoms with E-state index >= 15 is 0 Å². The van der Waals surface area contributed by atoms with Crippen molar-refractivity contribution in [2.24, 2.45) is 0 Å². The number of likely N-dealkylation sites (tertiary alicyclic amines) is 1. The summed E-state index contributed by atoms with van der Waals surface area (Å²) in [5.74, 6) is 0.0405. The molecule has 1 atom stereocenters. The third kappa shape index (κ3) is 3.62. The van der Waals surface area contributed by atoms with Crippen molar-refractivity contribution in [1.82, 2.24) is 19.6 Å². The zero-order chi connectivity index (χ0) is 15.6. The summed E-state index contributed by atoms with van der Waals surface area (Å²) in [7, 11) is 5.66. The first-order valence-electron chi connectivity index (χ1n) is 6.82. The van der Waals surface area contributed by atoms with Gasteiger partial charge in [-0.15, -0.1) is 0 Å². The fourth-order valence-corrected chi connectivity index (χ4v) is 2.59. The smallest absolute Gasteiger partial charge is 0.283 e. The van der Waals surface area contributed by atoms with Gasteiger partial charge < -0.3 is 15.1 Å². The van der Waals surface area contributed by atoms with E-state index in [1.807, 2.05) is 19.0 Å². The second kappa shape index (κ2) is 6.57. The van der Waals surface area contributed by atoms with Crippen molar-refractivity contribution in [1.29, 1.82) is 0 Å². The molecule has 1 aliphatic heterocycles. The fraction of sp³-hybridized carbons (Fsp3) is 0.615. The van der Waals surface area contributed by atoms with Gasteiger partial charge in [-0.1, -0.05) is 0 Å². The molecule has 0 bridgehead atoms. The number of anilines is 1. The van der Waals surface area contributed by atoms with Gasteiger partial charge in [-0.2, -0.15) is 5.10 Å². The first kappa shape index (κ1) is 16.0. The lowest BCUT2D eigenvalue weighted by Crippen LogP contribution is -2.33. The Morgan fingerprint density at radius 1 is 1.48 bits per heavy atom. The lowest BCUT2D eigenvalue weighted by atomic mass is 10.2. The summed E-state index contributed by atoms with van der Waals surface area (Å²) < 4.78 is 1.83. The normalized spacial score (nSPS) is 18.6. The molecule has 1 saturated heterocycles. The Balaban J connectivity index is 2.13. The molecular formula is C13H20BrN5O2. The highest BCUT2D eigenvalue weighted by molar-refractivity contribution is 9.10. The monoisotopic (exact) mass is 357 g/mol. The molecule has 1 fully saturated rings. The molecule has 0 aliphatic carbocycles. The van der Waals surface area contributed by atoms with E-state index in [4.69, 9.17) is 0 Å². The first-order valence-corrected chi connectivity index (χ1v) is 7.61. The van der Waals surface area contributed by atoms with Crippen LogP contribution in [0.25, 0.3) is 0 Å². The third-order valence-electron chi connectivity index (χ3n) is 3.50. The summed E-state index contributed by atoms with van der Waals surface area (Å²) in [5, 5.41) is 7.26. The predicted octanol–water partition coefficient (Wildman–Crippen LogP) is 0.210. The molecule has 2 heterocycles. The van der Waals surface area contributed by atoms with E-state index in [9.17, 15) is 9.59 Å². The van der Waals surface area contributed by atoms with Crippen LogP contribution in [0.2, 0.25) is 0 Å². The van der Waals surface area contributed by atoms with Crippen LogP contribution in [0.4, 0.5) is 5.69 Å². The highest BCUT2D eigenvalue weighted by Crippen LogP contribution is 2.20. The van der Waals surface area contributed by atoms with E-state index < -0.39 is 0 Å². The topological polar surface area (TPSA) is 70.5 Å². The Kier molecular flexibility index (Phi) is 5.00. The molecule has 1 unspecified atom stereocenters. The second-order valence-corrected chi connectivity index (χ2v) is 6.24. The van der Waals surface area contributed by atoms with Crippen LogP contribution in [0.1, 0.15) is 6.42 Å². The molecule has 0 aromatic carbocycles. The summed E-state index contributed by atoms with van der Waals surface area (Å²) in [6.45, 7) is 1.98. The SMILES string of the molecule is CN(C)CCn1ncc(NC2CCN(C)C2=O)c(Br)c1=O. The molecule has 21 heavy (non-hydrogen) atoms. The van der Waals surface area contributed by atoms with Crippen molar-refractivity contribution < 1.29 is 4.79 Å². The van der Waals surface area contributed by atoms with Gasteiger partial charge in [0, 0.05) is 20.1 Å². The van der Waals surface area contributed by atoms with E-state index in [0.717, 1.165) is 19.5 Å². The van der Waals surface area contributed by atoms with Crippen molar-refractivity contribution in [2.75, 3.05) is 39.5 Å². The van der Waals surface area contributed by atoms with Crippen LogP contribution < -0.4 is 10.9 Å². The number of hydrogen-bond donors (Lipinski definition) is 1. The maximum atomic E-state index is 12.2. The van der Waals surface area contributed by atoms with E-state index in [0.29, 0.717) is 16.7 Å². The molecular weight excluding hydrogens is 338 g/mol. The number of hydrogen-bond acceptors (Lipinski definition) is 5. The first-order chi connectivity index (χ1) is 9.90. The van der Waals surface area contributed by atoms with Crippen molar-refractivity contribution in [3.05, 3.63) is 21.0 Å². The molecule has 8 heteroatoms. The summed E-state index contributed by atoms with van der Waals surface area (Å²) in [5.41, 5.74) is 0.371. The van der Waals surface area contributed by atoms with E-state index in [2.05, 4.69) is 26.3 Å². The number of rotatable bonds is 5. The van der Waals surface area contributed by atoms with Gasteiger partial charge in [0.2, 0.25) is 5.91 Å². The molecule has 2 rings (SSSR count). The molecule has 116 valence electrons. The lowest BCUT2D eigenvalue weighted by molar-refractivity contribution is -0.127. The predicted molar refractivity (Wildman–Crippen MR) is 84.4 cm³/mol. The van der Waals surface area contributed by atoms with E-state index in [1.165, 1.54) is 4.68 Å². The van der Waals surface area contributed by atoms with Crippen LogP contribution in [0, 0.1) is 0 Å². The fourth-order valence-electron chi connectivity index (χ4n) is 2.16. The summed E-state index contributed by atoms with van der Waals surface area (Å²) in [6, 6.07) is -0.287. The standard InChI is InChI=1S/C13H20BrN5O2/c1-17(2)6-7-19-13(21)11(14)10(8-15-19)16-9-4-5-18(3)12(9)20/h8-9,16H,4-7H2,1-3H3. The Morgan fingerprint density at radius 2 is 2.19 bits per heavy atom. The number of carbonyl (C=O) groups excluding carboxylic acids is 1. The number of aromatic nitrogens is 2. The van der Waals surface area contributed by atoms with Crippen LogP contribution in [0.5, 0.6) is 0 Å². The maximum Gasteiger partial charge on any atom is 0.283 e. The number of halogens is 1. The van der Waals surface area contributed by atoms with Crippen molar-refractivity contribution in [2.45, 2.75) is 19.0 Å². The summed E-state index contributed by atoms with van der Waals surface area (Å²) in [6.07, 6.45) is 2.32. The van der Waals surface area contributed by atoms with Crippen LogP contribution >= 0.6 is 15.9 Å². The van der Waals surface area contributed by atoms with Crippen molar-refractivity contribution in [3.63, 3.8) is 0 Å². The summed E-state index contributed by atoms with van der Waals surface area (Å²) >= 11 is 3.31. The Hall–Kier alpha value is -1.41. The molecule has 7 nitrogen and oxygen atoms in total. The van der Waals surface area contributed by atoms with Gasteiger partial charge in [-0.3, -0.25) is 9.59 Å². The molecule has 1 aliphatic rings. The average Bonchev–Trinajstić information content (AvgIpc) is 2.75. The molecule has 0 spiro atoms. The highest BCUT2D eigenvalue weighted by atomic mass is 79.9. The average molecular weight is 358 g/mol. The minimum absolute atomic E-state index is 0.0405. The van der Waals surface area contributed by atoms with Gasteiger partial charge in [0.1, 0.15) is 10.5 Å². The minimum atomic E-state index is -0.287. The minimum Gasteiger partial charge on any atom is -0.371 e. The molecule has 1 aromatic rings. The van der Waals surface area contributed by atoms with Crippen LogP contribution in [0.3, 0.4) is 0 Å². The molecule has 0 saturated carbocycles. The Morgan fingerprint density at radius 3 is 2.76 bits per heavy atom. The van der Waals surface area contributed by atoms with Crippen molar-refractivity contribution in [3.8, 4) is 0 Å². The number of amides is 1. The Bertz CT molecular complexity index is 586. The summed E-state index contributed by atoms with van der Waals surface area (Å²) in [4.78, 5) is 27.8. The van der Waals surface area contributed by atoms with Gasteiger partial charge >= 0.3 is 0 Å². The highest BCUT2D eigenvalue weighted by Gasteiger charge is 2.29. The van der Waals surface area contributed by atoms with Gasteiger partial charge in [-0.05, 0) is 36.4 Å². The van der Waals surface area contributed by atoms with Crippen LogP contribution in [-0.4, -0.2) is 65.8 Å². The van der Waals surface area contributed by atoms with E-state index in [1.54, 1.807) is 18.1 Å². The quantitative estimate of drug-likeness (QED) is 0.815. The zero-order valence-electron chi connectivity index (χ0n) is 12.5. The number of carbonyl (C=O) groups is 1.